The van der Waals surface area contributed by atoms with Crippen LogP contribution in [0.4, 0.5) is 18.9 Å². The fourth-order valence-electron chi connectivity index (χ4n) is 2.58. The topological polar surface area (TPSA) is 82.6 Å². The highest BCUT2D eigenvalue weighted by Gasteiger charge is 2.28. The van der Waals surface area contributed by atoms with Gasteiger partial charge in [0, 0.05) is 11.6 Å². The summed E-state index contributed by atoms with van der Waals surface area (Å²) in [5.74, 6) is 0.512. The highest BCUT2D eigenvalue weighted by Crippen LogP contribution is 2.35. The quantitative estimate of drug-likeness (QED) is 0.557. The van der Waals surface area contributed by atoms with Crippen molar-refractivity contribution in [2.24, 2.45) is 0 Å². The normalized spacial score (nSPS) is 11.2. The zero-order valence-corrected chi connectivity index (χ0v) is 17.6. The van der Waals surface area contributed by atoms with Gasteiger partial charge in [0.2, 0.25) is 5.88 Å². The van der Waals surface area contributed by atoms with Gasteiger partial charge in [0.05, 0.1) is 31.8 Å². The number of halogens is 3. The van der Waals surface area contributed by atoms with E-state index in [0.29, 0.717) is 32.8 Å². The minimum atomic E-state index is -4.45. The number of hydrogen-bond donors (Lipinski definition) is 1. The molecule has 7 nitrogen and oxygen atoms in total. The molecule has 0 aliphatic heterocycles. The molecule has 11 heteroatoms. The van der Waals surface area contributed by atoms with Crippen LogP contribution in [0.25, 0.3) is 10.6 Å². The number of nitrogens with one attached hydrogen (secondary N) is 1. The number of methoxy groups -OCH3 is 2. The van der Waals surface area contributed by atoms with Gasteiger partial charge >= 0.3 is 6.18 Å². The van der Waals surface area contributed by atoms with Gasteiger partial charge in [0.25, 0.3) is 5.91 Å². The van der Waals surface area contributed by atoms with Gasteiger partial charge in [-0.2, -0.15) is 13.2 Å². The number of pyridine rings is 1. The molecule has 1 aromatic carbocycles. The first-order chi connectivity index (χ1) is 14.7. The maximum Gasteiger partial charge on any atom is 0.422 e. The molecular formula is C20H18F3N3O4S. The Balaban J connectivity index is 1.73. The minimum Gasteiger partial charge on any atom is -0.493 e. The molecule has 0 radical (unpaired) electrons. The van der Waals surface area contributed by atoms with E-state index in [1.165, 1.54) is 43.9 Å². The summed E-state index contributed by atoms with van der Waals surface area (Å²) in [5.41, 5.74) is 1.60. The maximum absolute atomic E-state index is 12.7. The molecule has 31 heavy (non-hydrogen) atoms. The third-order valence-corrected chi connectivity index (χ3v) is 5.22. The van der Waals surface area contributed by atoms with Crippen LogP contribution in [-0.2, 0) is 0 Å². The summed E-state index contributed by atoms with van der Waals surface area (Å²) in [7, 11) is 3.07. The Morgan fingerprint density at radius 3 is 2.48 bits per heavy atom. The number of rotatable bonds is 7. The maximum atomic E-state index is 12.7. The summed E-state index contributed by atoms with van der Waals surface area (Å²) in [6, 6.07) is 7.98. The molecule has 0 bridgehead atoms. The van der Waals surface area contributed by atoms with Crippen molar-refractivity contribution in [3.63, 3.8) is 0 Å². The van der Waals surface area contributed by atoms with Crippen LogP contribution in [0.3, 0.4) is 0 Å². The van der Waals surface area contributed by atoms with Crippen molar-refractivity contribution in [2.75, 3.05) is 26.1 Å². The summed E-state index contributed by atoms with van der Waals surface area (Å²) in [5, 5.41) is 3.27. The number of ether oxygens (including phenoxy) is 3. The molecule has 3 rings (SSSR count). The Morgan fingerprint density at radius 1 is 1.13 bits per heavy atom. The highest BCUT2D eigenvalue weighted by atomic mass is 32.1. The first-order valence-electron chi connectivity index (χ1n) is 8.87. The van der Waals surface area contributed by atoms with Gasteiger partial charge in [0.15, 0.2) is 18.1 Å². The van der Waals surface area contributed by atoms with Gasteiger partial charge in [-0.1, -0.05) is 0 Å². The molecule has 0 spiro atoms. The second-order valence-corrected chi connectivity index (χ2v) is 7.25. The number of nitrogens with zero attached hydrogens (tertiary/aromatic N) is 2. The van der Waals surface area contributed by atoms with Gasteiger partial charge in [-0.15, -0.1) is 11.3 Å². The third-order valence-electron chi connectivity index (χ3n) is 4.01. The number of carbonyl (C=O) groups excluding carboxylic acids is 1. The highest BCUT2D eigenvalue weighted by molar-refractivity contribution is 7.17. The van der Waals surface area contributed by atoms with Crippen molar-refractivity contribution in [1.29, 1.82) is 0 Å². The number of thiazole rings is 1. The molecule has 0 aliphatic rings. The average molecular weight is 453 g/mol. The minimum absolute atomic E-state index is 0.194. The lowest BCUT2D eigenvalue weighted by Gasteiger charge is -2.09. The van der Waals surface area contributed by atoms with Gasteiger partial charge in [0.1, 0.15) is 9.88 Å². The summed E-state index contributed by atoms with van der Waals surface area (Å²) in [6.45, 7) is 0.271. The van der Waals surface area contributed by atoms with Crippen LogP contribution in [0.5, 0.6) is 17.4 Å². The van der Waals surface area contributed by atoms with Crippen LogP contribution in [0.2, 0.25) is 0 Å². The fraction of sp³-hybridized carbons (Fsp3) is 0.250. The lowest BCUT2D eigenvalue weighted by Crippen LogP contribution is -2.19. The van der Waals surface area contributed by atoms with E-state index in [1.807, 2.05) is 6.07 Å². The molecule has 0 fully saturated rings. The van der Waals surface area contributed by atoms with E-state index in [1.54, 1.807) is 19.1 Å². The monoisotopic (exact) mass is 453 g/mol. The molecule has 164 valence electrons. The predicted molar refractivity (Wildman–Crippen MR) is 109 cm³/mol. The Kier molecular flexibility index (Phi) is 6.64. The van der Waals surface area contributed by atoms with Crippen LogP contribution in [-0.4, -0.2) is 42.9 Å². The van der Waals surface area contributed by atoms with Crippen molar-refractivity contribution in [3.05, 3.63) is 47.1 Å². The standard InChI is InChI=1S/C20H18F3N3O4S/c1-11-17(31-19(25-11)12-4-6-14(28-2)15(8-12)29-3)18(27)26-13-5-7-16(24-9-13)30-10-20(21,22)23/h4-9H,10H2,1-3H3,(H,26,27). The van der Waals surface area contributed by atoms with Crippen LogP contribution in [0, 0.1) is 6.92 Å². The van der Waals surface area contributed by atoms with Crippen LogP contribution in [0.1, 0.15) is 15.4 Å². The number of anilines is 1. The molecule has 2 heterocycles. The number of hydrogen-bond acceptors (Lipinski definition) is 7. The molecule has 0 saturated carbocycles. The van der Waals surface area contributed by atoms with E-state index in [-0.39, 0.29) is 5.88 Å². The van der Waals surface area contributed by atoms with E-state index in [4.69, 9.17) is 9.47 Å². The van der Waals surface area contributed by atoms with Crippen LogP contribution in [0.15, 0.2) is 36.5 Å². The Hall–Kier alpha value is -3.34. The first kappa shape index (κ1) is 22.3. The number of aromatic nitrogens is 2. The molecule has 0 unspecified atom stereocenters. The van der Waals surface area contributed by atoms with E-state index in [2.05, 4.69) is 20.0 Å². The van der Waals surface area contributed by atoms with Crippen LogP contribution < -0.4 is 19.5 Å². The van der Waals surface area contributed by atoms with Gasteiger partial charge < -0.3 is 19.5 Å². The van der Waals surface area contributed by atoms with Crippen molar-refractivity contribution in [3.8, 4) is 28.0 Å². The van der Waals surface area contributed by atoms with Gasteiger partial charge in [-0.3, -0.25) is 4.79 Å². The molecule has 0 aliphatic carbocycles. The zero-order chi connectivity index (χ0) is 22.6. The molecular weight excluding hydrogens is 435 g/mol. The van der Waals surface area contributed by atoms with Gasteiger partial charge in [-0.25, -0.2) is 9.97 Å². The first-order valence-corrected chi connectivity index (χ1v) is 9.68. The number of carbonyl (C=O) groups is 1. The molecule has 0 saturated heterocycles. The molecule has 1 N–H and O–H groups in total. The fourth-order valence-corrected chi connectivity index (χ4v) is 3.54. The van der Waals surface area contributed by atoms with E-state index in [0.717, 1.165) is 5.56 Å². The third kappa shape index (κ3) is 5.63. The summed E-state index contributed by atoms with van der Waals surface area (Å²) in [4.78, 5) is 21.3. The van der Waals surface area contributed by atoms with Crippen molar-refractivity contribution < 1.29 is 32.2 Å². The summed E-state index contributed by atoms with van der Waals surface area (Å²) >= 11 is 1.20. The lowest BCUT2D eigenvalue weighted by atomic mass is 10.2. The van der Waals surface area contributed by atoms with E-state index in [9.17, 15) is 18.0 Å². The van der Waals surface area contributed by atoms with E-state index < -0.39 is 18.7 Å². The SMILES string of the molecule is COc1ccc(-c2nc(C)c(C(=O)Nc3ccc(OCC(F)(F)F)nc3)s2)cc1OC. The van der Waals surface area contributed by atoms with Crippen molar-refractivity contribution >= 4 is 22.9 Å². The predicted octanol–water partition coefficient (Wildman–Crippen LogP) is 4.72. The van der Waals surface area contributed by atoms with Crippen molar-refractivity contribution in [1.82, 2.24) is 9.97 Å². The Bertz CT molecular complexity index is 1070. The number of amides is 1. The second-order valence-electron chi connectivity index (χ2n) is 6.25. The second kappa shape index (κ2) is 9.21. The van der Waals surface area contributed by atoms with E-state index >= 15 is 0 Å². The smallest absolute Gasteiger partial charge is 0.422 e. The molecule has 0 atom stereocenters. The summed E-state index contributed by atoms with van der Waals surface area (Å²) in [6.07, 6.45) is -3.24. The average Bonchev–Trinajstić information content (AvgIpc) is 3.14. The van der Waals surface area contributed by atoms with Crippen molar-refractivity contribution in [2.45, 2.75) is 13.1 Å². The largest absolute Gasteiger partial charge is 0.493 e. The molecule has 2 aromatic heterocycles. The summed E-state index contributed by atoms with van der Waals surface area (Å²) < 4.78 is 51.7. The Morgan fingerprint density at radius 2 is 1.87 bits per heavy atom. The molecule has 1 amide bonds. The molecule has 3 aromatic rings. The Labute approximate surface area is 179 Å². The lowest BCUT2D eigenvalue weighted by molar-refractivity contribution is -0.154. The number of alkyl halides is 3. The zero-order valence-electron chi connectivity index (χ0n) is 16.7. The number of benzene rings is 1. The van der Waals surface area contributed by atoms with Gasteiger partial charge in [-0.05, 0) is 31.2 Å². The number of aryl methyl sites for hydroxylation is 1. The van der Waals surface area contributed by atoms with Crippen LogP contribution >= 0.6 is 11.3 Å².